The summed E-state index contributed by atoms with van der Waals surface area (Å²) in [6, 6.07) is 8.18. The van der Waals surface area contributed by atoms with Crippen molar-refractivity contribution in [3.63, 3.8) is 0 Å². The van der Waals surface area contributed by atoms with Gasteiger partial charge in [-0.1, -0.05) is 30.3 Å². The summed E-state index contributed by atoms with van der Waals surface area (Å²) in [4.78, 5) is 12.5. The Balaban J connectivity index is 3.43. The molecule has 1 nitrogen and oxygen atoms in total. The molecule has 1 aromatic rings. The van der Waals surface area contributed by atoms with Crippen LogP contribution in [0.3, 0.4) is 0 Å². The largest absolute Gasteiger partial charge is 0.308 e. The molecular weight excluding hydrogens is 498 g/mol. The van der Waals surface area contributed by atoms with Crippen LogP contribution >= 0.6 is 112 Å². The molecule has 0 aliphatic heterocycles. The van der Waals surface area contributed by atoms with Gasteiger partial charge in [-0.2, -0.15) is 0 Å². The highest BCUT2D eigenvalue weighted by Crippen LogP contribution is 2.93. The van der Waals surface area contributed by atoms with Crippen LogP contribution in [-0.4, -0.2) is 22.5 Å². The van der Waals surface area contributed by atoms with Crippen LogP contribution in [0.25, 0.3) is 0 Å². The lowest BCUT2D eigenvalue weighted by Gasteiger charge is -2.40. The monoisotopic (exact) mass is 501 g/mol. The molecule has 0 saturated carbocycles. The lowest BCUT2D eigenvalue weighted by molar-refractivity contribution is 0.102. The Bertz CT molecular complexity index is 493. The Morgan fingerprint density at radius 1 is 0.773 bits per heavy atom. The first-order chi connectivity index (χ1) is 9.74. The Labute approximate surface area is 173 Å². The van der Waals surface area contributed by atoms with E-state index < -0.39 is 29.8 Å². The predicted molar refractivity (Wildman–Crippen MR) is 103 cm³/mol. The van der Waals surface area contributed by atoms with Gasteiger partial charge in [0, 0.05) is 5.56 Å². The molecular formula is C11H7Cl9OP+. The van der Waals surface area contributed by atoms with Gasteiger partial charge in [-0.15, -0.1) is 0 Å². The molecule has 0 aliphatic carbocycles. The topological polar surface area (TPSA) is 17.1 Å². The molecule has 0 saturated heterocycles. The summed E-state index contributed by atoms with van der Waals surface area (Å²) in [6.45, 7) is 0. The van der Waals surface area contributed by atoms with Gasteiger partial charge in [0.25, 0.3) is 0 Å². The molecule has 0 amide bonds. The van der Waals surface area contributed by atoms with Crippen LogP contribution in [0, 0.1) is 0 Å². The third-order valence-corrected chi connectivity index (χ3v) is 13.9. The molecule has 0 N–H and O–H groups in total. The Hall–Kier alpha value is 1.93. The molecule has 0 spiro atoms. The Kier molecular flexibility index (Phi) is 7.66. The quantitative estimate of drug-likeness (QED) is 0.232. The number of alkyl halides is 9. The van der Waals surface area contributed by atoms with E-state index in [2.05, 4.69) is 0 Å². The van der Waals surface area contributed by atoms with Crippen molar-refractivity contribution in [3.8, 4) is 0 Å². The minimum atomic E-state index is -3.73. The second-order valence-electron chi connectivity index (χ2n) is 4.16. The number of hydrogen-bond donors (Lipinski definition) is 0. The highest BCUT2D eigenvalue weighted by Gasteiger charge is 2.79. The molecule has 1 aromatic carbocycles. The van der Waals surface area contributed by atoms with Gasteiger partial charge in [-0.05, 0) is 104 Å². The van der Waals surface area contributed by atoms with Crippen molar-refractivity contribution >= 4 is 117 Å². The van der Waals surface area contributed by atoms with Crippen LogP contribution in [0.4, 0.5) is 0 Å². The molecule has 0 unspecified atom stereocenters. The van der Waals surface area contributed by atoms with Crippen molar-refractivity contribution in [2.24, 2.45) is 0 Å². The first-order valence-electron chi connectivity index (χ1n) is 5.41. The molecule has 1 rings (SSSR count). The van der Waals surface area contributed by atoms with Gasteiger partial charge >= 0.3 is 10.6 Å². The second-order valence-corrected chi connectivity index (χ2v) is 17.3. The van der Waals surface area contributed by atoms with E-state index in [0.29, 0.717) is 5.56 Å². The van der Waals surface area contributed by atoms with Crippen molar-refractivity contribution in [3.05, 3.63) is 35.9 Å². The first kappa shape index (κ1) is 22.0. The highest BCUT2D eigenvalue weighted by atomic mass is 35.6. The fourth-order valence-electron chi connectivity index (χ4n) is 1.63. The van der Waals surface area contributed by atoms with E-state index >= 15 is 0 Å². The standard InChI is InChI=1S/C11H7Cl9OP/c12-9(13,14)22(10(15,16)17,11(18,19)20)6-8(21)7-4-2-1-3-5-7/h1-5H,6H2/q+1. The average molecular weight is 505 g/mol. The van der Waals surface area contributed by atoms with Crippen LogP contribution in [0.15, 0.2) is 30.3 Å². The van der Waals surface area contributed by atoms with Crippen molar-refractivity contribution in [1.29, 1.82) is 0 Å². The van der Waals surface area contributed by atoms with Crippen molar-refractivity contribution in [2.45, 2.75) is 10.6 Å². The number of rotatable bonds is 3. The molecule has 0 heterocycles. The van der Waals surface area contributed by atoms with Crippen molar-refractivity contribution in [1.82, 2.24) is 0 Å². The maximum Gasteiger partial charge on any atom is 0.308 e. The van der Waals surface area contributed by atoms with Gasteiger partial charge in [-0.25, -0.2) is 0 Å². The third kappa shape index (κ3) is 4.55. The Morgan fingerprint density at radius 3 is 1.45 bits per heavy atom. The molecule has 22 heavy (non-hydrogen) atoms. The van der Waals surface area contributed by atoms with Gasteiger partial charge in [0.1, 0.15) is 6.16 Å². The lowest BCUT2D eigenvalue weighted by Crippen LogP contribution is -2.37. The number of benzene rings is 1. The Morgan fingerprint density at radius 2 is 1.14 bits per heavy atom. The number of carbonyl (C=O) groups is 1. The first-order valence-corrected chi connectivity index (χ1v) is 10.8. The second kappa shape index (κ2) is 7.67. The summed E-state index contributed by atoms with van der Waals surface area (Å²) in [5.41, 5.74) is 0.324. The normalized spacial score (nSPS) is 14.0. The van der Waals surface area contributed by atoms with Gasteiger partial charge in [-0.3, -0.25) is 4.79 Å². The summed E-state index contributed by atoms with van der Waals surface area (Å²) < 4.78 is -6.73. The fourth-order valence-corrected chi connectivity index (χ4v) is 15.6. The highest BCUT2D eigenvalue weighted by molar-refractivity contribution is 7.93. The minimum Gasteiger partial charge on any atom is -0.290 e. The molecule has 11 heteroatoms. The predicted octanol–water partition coefficient (Wildman–Crippen LogP) is 7.87. The van der Waals surface area contributed by atoms with Crippen LogP contribution in [0.5, 0.6) is 0 Å². The molecule has 0 bridgehead atoms. The van der Waals surface area contributed by atoms with Gasteiger partial charge in [0.05, 0.1) is 0 Å². The van der Waals surface area contributed by atoms with E-state index in [0.717, 1.165) is 0 Å². The van der Waals surface area contributed by atoms with Crippen LogP contribution in [-0.2, 0) is 0 Å². The van der Waals surface area contributed by atoms with Crippen LogP contribution in [0.2, 0.25) is 0 Å². The zero-order valence-corrected chi connectivity index (χ0v) is 18.0. The van der Waals surface area contributed by atoms with Gasteiger partial charge in [0.2, 0.25) is 0 Å². The zero-order chi connectivity index (χ0) is 17.4. The summed E-state index contributed by atoms with van der Waals surface area (Å²) in [7, 11) is -3.73. The number of carbonyl (C=O) groups excluding carboxylic acids is 1. The third-order valence-electron chi connectivity index (χ3n) is 2.78. The van der Waals surface area contributed by atoms with E-state index in [1.807, 2.05) is 0 Å². The van der Waals surface area contributed by atoms with Crippen molar-refractivity contribution < 1.29 is 4.79 Å². The van der Waals surface area contributed by atoms with Gasteiger partial charge in [0.15, 0.2) is 13.0 Å². The maximum absolute atomic E-state index is 12.5. The zero-order valence-electron chi connectivity index (χ0n) is 10.4. The summed E-state index contributed by atoms with van der Waals surface area (Å²) in [6.07, 6.45) is -0.499. The molecule has 0 radical (unpaired) electrons. The average Bonchev–Trinajstić information content (AvgIpc) is 2.32. The lowest BCUT2D eigenvalue weighted by atomic mass is 10.2. The van der Waals surface area contributed by atoms with E-state index in [-0.39, 0.29) is 0 Å². The molecule has 0 aliphatic rings. The number of hydrogen-bond acceptors (Lipinski definition) is 1. The van der Waals surface area contributed by atoms with Crippen molar-refractivity contribution in [2.75, 3.05) is 6.16 Å². The minimum absolute atomic E-state index is 0.324. The number of ketones is 1. The molecule has 0 atom stereocenters. The van der Waals surface area contributed by atoms with E-state index in [9.17, 15) is 4.79 Å². The summed E-state index contributed by atoms with van der Waals surface area (Å²) in [5, 5.41) is 0. The molecule has 0 aromatic heterocycles. The maximum atomic E-state index is 12.5. The van der Waals surface area contributed by atoms with Crippen LogP contribution < -0.4 is 0 Å². The number of halogens is 9. The van der Waals surface area contributed by atoms with Crippen LogP contribution in [0.1, 0.15) is 10.4 Å². The van der Waals surface area contributed by atoms with E-state index in [4.69, 9.17) is 104 Å². The summed E-state index contributed by atoms with van der Waals surface area (Å²) >= 11 is 53.8. The summed E-state index contributed by atoms with van der Waals surface area (Å²) in [5.74, 6) is -0.460. The molecule has 124 valence electrons. The SMILES string of the molecule is O=C(C[P+](C(Cl)(Cl)Cl)(C(Cl)(Cl)Cl)C(Cl)(Cl)Cl)c1ccccc1. The smallest absolute Gasteiger partial charge is 0.290 e. The number of Topliss-reactive ketones (excluding diaryl/α,β-unsaturated/α-hetero) is 1. The fraction of sp³-hybridized carbons (Fsp3) is 0.364. The van der Waals surface area contributed by atoms with Gasteiger partial charge < -0.3 is 0 Å². The van der Waals surface area contributed by atoms with E-state index in [1.165, 1.54) is 0 Å². The van der Waals surface area contributed by atoms with E-state index in [1.54, 1.807) is 30.3 Å². The molecule has 0 fully saturated rings.